The highest BCUT2D eigenvalue weighted by atomic mass is 16.2. The quantitative estimate of drug-likeness (QED) is 0.659. The van der Waals surface area contributed by atoms with Gasteiger partial charge >= 0.3 is 6.03 Å². The molecule has 4 rings (SSSR count). The van der Waals surface area contributed by atoms with Crippen LogP contribution in [0.1, 0.15) is 36.1 Å². The molecule has 0 saturated heterocycles. The highest BCUT2D eigenvalue weighted by Gasteiger charge is 2.23. The molecule has 2 heterocycles. The first-order valence-electron chi connectivity index (χ1n) is 10.5. The summed E-state index contributed by atoms with van der Waals surface area (Å²) in [6, 6.07) is 8.41. The second-order valence-electron chi connectivity index (χ2n) is 7.77. The Balaban J connectivity index is 1.62. The molecule has 0 bridgehead atoms. The monoisotopic (exact) mass is 390 g/mol. The van der Waals surface area contributed by atoms with Crippen LogP contribution in [-0.2, 0) is 6.54 Å². The fourth-order valence-electron chi connectivity index (χ4n) is 4.45. The van der Waals surface area contributed by atoms with Crippen LogP contribution in [0.5, 0.6) is 0 Å². The molecule has 2 N–H and O–H groups in total. The van der Waals surface area contributed by atoms with Crippen LogP contribution >= 0.6 is 0 Å². The molecule has 0 spiro atoms. The van der Waals surface area contributed by atoms with Gasteiger partial charge in [-0.05, 0) is 61.3 Å². The van der Waals surface area contributed by atoms with Crippen molar-refractivity contribution in [3.63, 3.8) is 0 Å². The highest BCUT2D eigenvalue weighted by molar-refractivity contribution is 6.11. The summed E-state index contributed by atoms with van der Waals surface area (Å²) in [6.07, 6.45) is 3.99. The van der Waals surface area contributed by atoms with Crippen LogP contribution in [0.4, 0.5) is 4.79 Å². The number of benzene rings is 2. The zero-order valence-corrected chi connectivity index (χ0v) is 17.8. The lowest BCUT2D eigenvalue weighted by Crippen LogP contribution is -2.41. The average molecular weight is 391 g/mol. The number of aromatic nitrogens is 1. The number of hydrogen-bond donors (Lipinski definition) is 2. The van der Waals surface area contributed by atoms with E-state index in [0.29, 0.717) is 13.1 Å². The maximum absolute atomic E-state index is 12.7. The molecule has 0 radical (unpaired) electrons. The number of carbonyl (C=O) groups is 1. The lowest BCUT2D eigenvalue weighted by atomic mass is 9.90. The number of aryl methyl sites for hydroxylation is 2. The highest BCUT2D eigenvalue weighted by Crippen LogP contribution is 2.37. The predicted octanol–water partition coefficient (Wildman–Crippen LogP) is 4.78. The Kier molecular flexibility index (Phi) is 5.33. The maximum Gasteiger partial charge on any atom is 0.321 e. The van der Waals surface area contributed by atoms with Crippen LogP contribution in [0.25, 0.3) is 27.9 Å². The second-order valence-corrected chi connectivity index (χ2v) is 7.77. The van der Waals surface area contributed by atoms with Gasteiger partial charge in [0.2, 0.25) is 0 Å². The Hall–Kier alpha value is -2.79. The number of urea groups is 1. The number of aromatic amines is 1. The molecule has 152 valence electrons. The first-order valence-corrected chi connectivity index (χ1v) is 10.5. The van der Waals surface area contributed by atoms with E-state index in [2.05, 4.69) is 73.2 Å². The molecule has 0 aliphatic carbocycles. The van der Waals surface area contributed by atoms with Crippen molar-refractivity contribution < 1.29 is 4.79 Å². The van der Waals surface area contributed by atoms with Crippen molar-refractivity contribution in [3.8, 4) is 0 Å². The first-order chi connectivity index (χ1) is 14.0. The Morgan fingerprint density at radius 3 is 2.69 bits per heavy atom. The summed E-state index contributed by atoms with van der Waals surface area (Å²) in [5.74, 6) is 0. The summed E-state index contributed by atoms with van der Waals surface area (Å²) in [5.41, 5.74) is 7.32. The molecule has 1 aromatic heterocycles. The standard InChI is InChI=1S/C24H30N4O/c1-5-27(6-2)14-12-25-24(29)28-13-11-18-17(4)23-22(16(3)20(18)15-28)19-9-7-8-10-21(19)26-23/h7-11,13,26H,5-6,12,14-15H2,1-4H3,(H,25,29). The minimum Gasteiger partial charge on any atom is -0.354 e. The number of fused-ring (bicyclic) bond motifs is 4. The molecule has 2 amide bonds. The SMILES string of the molecule is CCN(CC)CCNC(=O)N1C=Cc2c(c(C)c3c([nH]c4ccccc43)c2C)C1. The molecule has 0 atom stereocenters. The van der Waals surface area contributed by atoms with Crippen LogP contribution in [0.2, 0.25) is 0 Å². The van der Waals surface area contributed by atoms with Gasteiger partial charge in [0.1, 0.15) is 0 Å². The molecule has 0 saturated carbocycles. The van der Waals surface area contributed by atoms with E-state index in [1.807, 2.05) is 6.20 Å². The normalized spacial score (nSPS) is 13.5. The van der Waals surface area contributed by atoms with Crippen molar-refractivity contribution in [1.29, 1.82) is 0 Å². The van der Waals surface area contributed by atoms with Gasteiger partial charge < -0.3 is 15.2 Å². The largest absolute Gasteiger partial charge is 0.354 e. The van der Waals surface area contributed by atoms with Gasteiger partial charge in [0.05, 0.1) is 12.1 Å². The summed E-state index contributed by atoms with van der Waals surface area (Å²) in [4.78, 5) is 20.4. The van der Waals surface area contributed by atoms with Crippen LogP contribution in [0.3, 0.4) is 0 Å². The number of carbonyl (C=O) groups excluding carboxylic acids is 1. The number of hydrogen-bond acceptors (Lipinski definition) is 2. The fraction of sp³-hybridized carbons (Fsp3) is 0.375. The van der Waals surface area contributed by atoms with Crippen LogP contribution < -0.4 is 5.32 Å². The predicted molar refractivity (Wildman–Crippen MR) is 121 cm³/mol. The van der Waals surface area contributed by atoms with E-state index in [0.717, 1.165) is 25.2 Å². The Morgan fingerprint density at radius 2 is 1.93 bits per heavy atom. The van der Waals surface area contributed by atoms with E-state index in [-0.39, 0.29) is 6.03 Å². The lowest BCUT2D eigenvalue weighted by Gasteiger charge is -2.27. The molecule has 29 heavy (non-hydrogen) atoms. The van der Waals surface area contributed by atoms with Gasteiger partial charge in [-0.25, -0.2) is 4.79 Å². The summed E-state index contributed by atoms with van der Waals surface area (Å²) >= 11 is 0. The first kappa shape index (κ1) is 19.5. The summed E-state index contributed by atoms with van der Waals surface area (Å²) < 4.78 is 0. The molecule has 0 fully saturated rings. The van der Waals surface area contributed by atoms with E-state index in [4.69, 9.17) is 0 Å². The number of amides is 2. The van der Waals surface area contributed by atoms with E-state index in [1.54, 1.807) is 4.90 Å². The van der Waals surface area contributed by atoms with Gasteiger partial charge in [-0.15, -0.1) is 0 Å². The molecule has 1 aliphatic heterocycles. The summed E-state index contributed by atoms with van der Waals surface area (Å²) in [6.45, 7) is 12.8. The van der Waals surface area contributed by atoms with Crippen molar-refractivity contribution in [1.82, 2.24) is 20.1 Å². The zero-order chi connectivity index (χ0) is 20.5. The Morgan fingerprint density at radius 1 is 1.17 bits per heavy atom. The van der Waals surface area contributed by atoms with Gasteiger partial charge in [-0.2, -0.15) is 0 Å². The van der Waals surface area contributed by atoms with Crippen LogP contribution in [0.15, 0.2) is 30.5 Å². The summed E-state index contributed by atoms with van der Waals surface area (Å²) in [5, 5.41) is 5.58. The third kappa shape index (κ3) is 3.40. The third-order valence-corrected chi connectivity index (χ3v) is 6.25. The minimum atomic E-state index is -0.0323. The fourth-order valence-corrected chi connectivity index (χ4v) is 4.45. The number of rotatable bonds is 5. The van der Waals surface area contributed by atoms with Crippen molar-refractivity contribution in [2.24, 2.45) is 0 Å². The van der Waals surface area contributed by atoms with Crippen molar-refractivity contribution >= 4 is 33.9 Å². The van der Waals surface area contributed by atoms with Crippen LogP contribution in [-0.4, -0.2) is 47.0 Å². The zero-order valence-electron chi connectivity index (χ0n) is 17.8. The molecule has 3 aromatic rings. The Labute approximate surface area is 172 Å². The molecule has 0 unspecified atom stereocenters. The number of nitrogens with one attached hydrogen (secondary N) is 2. The number of H-pyrrole nitrogens is 1. The maximum atomic E-state index is 12.7. The molecule has 5 heteroatoms. The average Bonchev–Trinajstić information content (AvgIpc) is 3.14. The van der Waals surface area contributed by atoms with Crippen molar-refractivity contribution in [3.05, 3.63) is 52.7 Å². The number of para-hydroxylation sites is 1. The number of likely N-dealkylation sites (N-methyl/N-ethyl adjacent to an activating group) is 1. The second kappa shape index (κ2) is 7.91. The van der Waals surface area contributed by atoms with Gasteiger partial charge in [0.25, 0.3) is 0 Å². The number of nitrogens with zero attached hydrogens (tertiary/aromatic N) is 2. The molecule has 5 nitrogen and oxygen atoms in total. The molecular formula is C24H30N4O. The van der Waals surface area contributed by atoms with Gasteiger partial charge in [-0.3, -0.25) is 4.90 Å². The van der Waals surface area contributed by atoms with Gasteiger partial charge in [-0.1, -0.05) is 32.0 Å². The molecule has 1 aliphatic rings. The van der Waals surface area contributed by atoms with Gasteiger partial charge in [0.15, 0.2) is 0 Å². The van der Waals surface area contributed by atoms with Crippen LogP contribution in [0, 0.1) is 13.8 Å². The minimum absolute atomic E-state index is 0.0323. The van der Waals surface area contributed by atoms with E-state index in [1.165, 1.54) is 38.5 Å². The molecular weight excluding hydrogens is 360 g/mol. The smallest absolute Gasteiger partial charge is 0.321 e. The van der Waals surface area contributed by atoms with E-state index < -0.39 is 0 Å². The van der Waals surface area contributed by atoms with Crippen molar-refractivity contribution in [2.75, 3.05) is 26.2 Å². The van der Waals surface area contributed by atoms with Crippen molar-refractivity contribution in [2.45, 2.75) is 34.2 Å². The van der Waals surface area contributed by atoms with E-state index in [9.17, 15) is 4.79 Å². The third-order valence-electron chi connectivity index (χ3n) is 6.25. The van der Waals surface area contributed by atoms with E-state index >= 15 is 0 Å². The lowest BCUT2D eigenvalue weighted by molar-refractivity contribution is 0.210. The summed E-state index contributed by atoms with van der Waals surface area (Å²) in [7, 11) is 0. The Bertz CT molecular complexity index is 1090. The topological polar surface area (TPSA) is 51.4 Å². The van der Waals surface area contributed by atoms with Gasteiger partial charge in [0, 0.05) is 35.6 Å². The molecule has 2 aromatic carbocycles.